The van der Waals surface area contributed by atoms with E-state index in [9.17, 15) is 9.59 Å². The molecule has 0 aromatic carbocycles. The van der Waals surface area contributed by atoms with E-state index in [1.807, 2.05) is 17.5 Å². The number of H-pyrrole nitrogens is 1. The van der Waals surface area contributed by atoms with Crippen molar-refractivity contribution in [2.45, 2.75) is 24.9 Å². The molecule has 0 aliphatic rings. The molecule has 0 saturated heterocycles. The minimum Gasteiger partial charge on any atom is -0.355 e. The van der Waals surface area contributed by atoms with Crippen LogP contribution in [0.3, 0.4) is 0 Å². The van der Waals surface area contributed by atoms with Crippen LogP contribution in [0.15, 0.2) is 33.5 Å². The van der Waals surface area contributed by atoms with Crippen LogP contribution in [-0.2, 0) is 4.79 Å². The molecule has 9 heteroatoms. The third-order valence-electron chi connectivity index (χ3n) is 3.33. The molecule has 126 valence electrons. The molecule has 3 aromatic heterocycles. The van der Waals surface area contributed by atoms with Gasteiger partial charge in [0.2, 0.25) is 11.1 Å². The fourth-order valence-electron chi connectivity index (χ4n) is 2.12. The summed E-state index contributed by atoms with van der Waals surface area (Å²) in [7, 11) is 0. The topological polar surface area (TPSA) is 92.1 Å². The number of nitrogens with zero attached hydrogens (tertiary/aromatic N) is 3. The lowest BCUT2D eigenvalue weighted by atomic mass is 10.3. The number of aromatic amines is 1. The fourth-order valence-corrected chi connectivity index (χ4v) is 3.53. The SMILES string of the molecule is CCCCNC(=O)CSc1n[nH]c(=O)c2cc(-c3cccs3)nn12. The van der Waals surface area contributed by atoms with Gasteiger partial charge in [-0.1, -0.05) is 31.2 Å². The van der Waals surface area contributed by atoms with Crippen LogP contribution in [0, 0.1) is 0 Å². The number of hydrogen-bond donors (Lipinski definition) is 2. The molecule has 0 aliphatic carbocycles. The van der Waals surface area contributed by atoms with Gasteiger partial charge in [0.05, 0.1) is 10.6 Å². The van der Waals surface area contributed by atoms with E-state index in [2.05, 4.69) is 27.5 Å². The van der Waals surface area contributed by atoms with Crippen molar-refractivity contribution >= 4 is 34.5 Å². The highest BCUT2D eigenvalue weighted by atomic mass is 32.2. The largest absolute Gasteiger partial charge is 0.355 e. The summed E-state index contributed by atoms with van der Waals surface area (Å²) in [5.41, 5.74) is 0.835. The van der Waals surface area contributed by atoms with E-state index in [4.69, 9.17) is 0 Å². The molecule has 3 rings (SSSR count). The lowest BCUT2D eigenvalue weighted by molar-refractivity contribution is -0.118. The second-order valence-electron chi connectivity index (χ2n) is 5.13. The predicted molar refractivity (Wildman–Crippen MR) is 95.6 cm³/mol. The molecule has 2 N–H and O–H groups in total. The zero-order valence-electron chi connectivity index (χ0n) is 13.1. The first kappa shape index (κ1) is 16.7. The van der Waals surface area contributed by atoms with Crippen LogP contribution in [0.25, 0.3) is 16.1 Å². The zero-order chi connectivity index (χ0) is 16.9. The summed E-state index contributed by atoms with van der Waals surface area (Å²) < 4.78 is 1.50. The third-order valence-corrected chi connectivity index (χ3v) is 5.16. The van der Waals surface area contributed by atoms with Gasteiger partial charge in [0, 0.05) is 6.54 Å². The van der Waals surface area contributed by atoms with Gasteiger partial charge in [-0.05, 0) is 23.9 Å². The average molecular weight is 363 g/mol. The Morgan fingerprint density at radius 1 is 1.50 bits per heavy atom. The normalized spacial score (nSPS) is 11.0. The van der Waals surface area contributed by atoms with Crippen LogP contribution in [-0.4, -0.2) is 38.0 Å². The maximum absolute atomic E-state index is 12.0. The number of nitrogens with one attached hydrogen (secondary N) is 2. The number of unbranched alkanes of at least 4 members (excludes halogenated alkanes) is 1. The number of amides is 1. The molecule has 0 spiro atoms. The summed E-state index contributed by atoms with van der Waals surface area (Å²) >= 11 is 2.80. The molecule has 0 fully saturated rings. The molecule has 1 amide bonds. The van der Waals surface area contributed by atoms with E-state index >= 15 is 0 Å². The number of rotatable bonds is 7. The Bertz CT molecular complexity index is 885. The minimum atomic E-state index is -0.304. The first-order chi connectivity index (χ1) is 11.7. The fraction of sp³-hybridized carbons (Fsp3) is 0.333. The Labute approximate surface area is 146 Å². The van der Waals surface area contributed by atoms with Crippen molar-refractivity contribution in [2.75, 3.05) is 12.3 Å². The predicted octanol–water partition coefficient (Wildman–Crippen LogP) is 2.15. The lowest BCUT2D eigenvalue weighted by Gasteiger charge is -2.04. The van der Waals surface area contributed by atoms with Gasteiger partial charge in [-0.2, -0.15) is 5.10 Å². The maximum atomic E-state index is 12.0. The Morgan fingerprint density at radius 2 is 2.38 bits per heavy atom. The highest BCUT2D eigenvalue weighted by molar-refractivity contribution is 7.99. The molecule has 0 saturated carbocycles. The Hall–Kier alpha value is -2.13. The Kier molecular flexibility index (Phi) is 5.31. The molecule has 0 bridgehead atoms. The molecule has 0 unspecified atom stereocenters. The Balaban J connectivity index is 1.80. The number of fused-ring (bicyclic) bond motifs is 1. The second-order valence-corrected chi connectivity index (χ2v) is 7.02. The van der Waals surface area contributed by atoms with Gasteiger partial charge in [-0.3, -0.25) is 9.59 Å². The van der Waals surface area contributed by atoms with Gasteiger partial charge in [0.15, 0.2) is 0 Å². The highest BCUT2D eigenvalue weighted by Gasteiger charge is 2.14. The molecule has 0 aliphatic heterocycles. The van der Waals surface area contributed by atoms with E-state index in [0.29, 0.717) is 17.2 Å². The van der Waals surface area contributed by atoms with E-state index in [-0.39, 0.29) is 17.2 Å². The molecular weight excluding hydrogens is 346 g/mol. The van der Waals surface area contributed by atoms with Crippen LogP contribution >= 0.6 is 23.1 Å². The van der Waals surface area contributed by atoms with Crippen molar-refractivity contribution in [3.8, 4) is 10.6 Å². The quantitative estimate of drug-likeness (QED) is 0.496. The Morgan fingerprint density at radius 3 is 3.12 bits per heavy atom. The van der Waals surface area contributed by atoms with E-state index in [1.54, 1.807) is 17.4 Å². The van der Waals surface area contributed by atoms with Crippen LogP contribution in [0.1, 0.15) is 19.8 Å². The number of aromatic nitrogens is 4. The van der Waals surface area contributed by atoms with Gasteiger partial charge >= 0.3 is 0 Å². The highest BCUT2D eigenvalue weighted by Crippen LogP contribution is 2.25. The van der Waals surface area contributed by atoms with Crippen molar-refractivity contribution < 1.29 is 4.79 Å². The minimum absolute atomic E-state index is 0.0553. The monoisotopic (exact) mass is 363 g/mol. The maximum Gasteiger partial charge on any atom is 0.290 e. The summed E-state index contributed by atoms with van der Waals surface area (Å²) in [6, 6.07) is 5.61. The average Bonchev–Trinajstić information content (AvgIpc) is 3.24. The van der Waals surface area contributed by atoms with Gasteiger partial charge in [0.25, 0.3) is 5.56 Å². The second kappa shape index (κ2) is 7.63. The van der Waals surface area contributed by atoms with Gasteiger partial charge in [0.1, 0.15) is 11.2 Å². The van der Waals surface area contributed by atoms with Crippen LogP contribution in [0.5, 0.6) is 0 Å². The van der Waals surface area contributed by atoms with Crippen molar-refractivity contribution in [1.29, 1.82) is 0 Å². The van der Waals surface area contributed by atoms with Gasteiger partial charge < -0.3 is 5.32 Å². The van der Waals surface area contributed by atoms with E-state index in [0.717, 1.165) is 23.4 Å². The lowest BCUT2D eigenvalue weighted by Crippen LogP contribution is -2.26. The van der Waals surface area contributed by atoms with Crippen LogP contribution in [0.4, 0.5) is 0 Å². The summed E-state index contributed by atoms with van der Waals surface area (Å²) in [6.45, 7) is 2.75. The van der Waals surface area contributed by atoms with E-state index in [1.165, 1.54) is 16.3 Å². The molecular formula is C15H17N5O2S2. The third kappa shape index (κ3) is 3.68. The number of hydrogen-bond acceptors (Lipinski definition) is 6. The van der Waals surface area contributed by atoms with E-state index < -0.39 is 0 Å². The van der Waals surface area contributed by atoms with Gasteiger partial charge in [-0.25, -0.2) is 9.61 Å². The number of thioether (sulfide) groups is 1. The molecule has 0 radical (unpaired) electrons. The van der Waals surface area contributed by atoms with Gasteiger partial charge in [-0.15, -0.1) is 16.4 Å². The summed E-state index contributed by atoms with van der Waals surface area (Å²) in [4.78, 5) is 24.8. The number of carbonyl (C=O) groups excluding carboxylic acids is 1. The molecule has 0 atom stereocenters. The van der Waals surface area contributed by atoms with Crippen LogP contribution in [0.2, 0.25) is 0 Å². The zero-order valence-corrected chi connectivity index (χ0v) is 14.7. The number of carbonyl (C=O) groups is 1. The number of thiophene rings is 1. The molecule has 3 heterocycles. The van der Waals surface area contributed by atoms with Crippen molar-refractivity contribution in [3.63, 3.8) is 0 Å². The van der Waals surface area contributed by atoms with Crippen LogP contribution < -0.4 is 10.9 Å². The molecule has 7 nitrogen and oxygen atoms in total. The van der Waals surface area contributed by atoms with Crippen molar-refractivity contribution in [2.24, 2.45) is 0 Å². The summed E-state index contributed by atoms with van der Waals surface area (Å²) in [5, 5.41) is 16.2. The summed E-state index contributed by atoms with van der Waals surface area (Å²) in [6.07, 6.45) is 2.00. The molecule has 24 heavy (non-hydrogen) atoms. The smallest absolute Gasteiger partial charge is 0.290 e. The van der Waals surface area contributed by atoms with Crippen molar-refractivity contribution in [1.82, 2.24) is 25.1 Å². The standard InChI is InChI=1S/C15H17N5O2S2/c1-2-3-6-16-13(21)9-24-15-18-17-14(22)11-8-10(19-20(11)15)12-5-4-7-23-12/h4-5,7-8H,2-3,6,9H2,1H3,(H,16,21)(H,17,22). The first-order valence-corrected chi connectivity index (χ1v) is 9.47. The van der Waals surface area contributed by atoms with Crippen molar-refractivity contribution in [3.05, 3.63) is 33.9 Å². The first-order valence-electron chi connectivity index (χ1n) is 7.61. The molecule has 3 aromatic rings. The summed E-state index contributed by atoms with van der Waals surface area (Å²) in [5.74, 6) is 0.173.